The molecule has 0 unspecified atom stereocenters. The van der Waals surface area contributed by atoms with Crippen molar-refractivity contribution in [2.24, 2.45) is 7.05 Å². The van der Waals surface area contributed by atoms with E-state index in [1.54, 1.807) is 6.08 Å². The number of carbonyl (C=O) groups excluding carboxylic acids is 1. The molecule has 7 heteroatoms. The molecule has 2 heterocycles. The zero-order valence-electron chi connectivity index (χ0n) is 26.0. The van der Waals surface area contributed by atoms with Crippen LogP contribution in [0, 0.1) is 0 Å². The van der Waals surface area contributed by atoms with Crippen molar-refractivity contribution < 1.29 is 19.0 Å². The van der Waals surface area contributed by atoms with Gasteiger partial charge in [0.05, 0.1) is 37.6 Å². The van der Waals surface area contributed by atoms with Crippen molar-refractivity contribution in [2.75, 3.05) is 19.8 Å². The molecular weight excluding hydrogens is 550 g/mol. The molecule has 0 atom stereocenters. The molecule has 0 spiro atoms. The Bertz CT molecular complexity index is 1790. The Morgan fingerprint density at radius 1 is 0.977 bits per heavy atom. The third-order valence-electron chi connectivity index (χ3n) is 7.86. The lowest BCUT2D eigenvalue weighted by Crippen LogP contribution is -2.14. The van der Waals surface area contributed by atoms with Crippen LogP contribution in [0.1, 0.15) is 47.7 Å². The number of ether oxygens (including phenoxy) is 3. The van der Waals surface area contributed by atoms with Crippen LogP contribution in [0.3, 0.4) is 0 Å². The maximum Gasteiger partial charge on any atom is 0.355 e. The van der Waals surface area contributed by atoms with Gasteiger partial charge < -0.3 is 18.8 Å². The number of rotatable bonds is 15. The summed E-state index contributed by atoms with van der Waals surface area (Å²) in [5.41, 5.74) is 6.48. The van der Waals surface area contributed by atoms with Crippen LogP contribution < -0.4 is 4.74 Å². The largest absolute Gasteiger partial charge is 0.493 e. The van der Waals surface area contributed by atoms with Gasteiger partial charge in [0.1, 0.15) is 11.4 Å². The molecule has 0 radical (unpaired) electrons. The quantitative estimate of drug-likeness (QED) is 0.0705. The van der Waals surface area contributed by atoms with Crippen LogP contribution in [-0.4, -0.2) is 40.1 Å². The predicted octanol–water partition coefficient (Wildman–Crippen LogP) is 7.83. The van der Waals surface area contributed by atoms with Crippen molar-refractivity contribution in [3.63, 3.8) is 0 Å². The number of hydrogen-bond donors (Lipinski definition) is 0. The van der Waals surface area contributed by atoms with Gasteiger partial charge in [-0.3, -0.25) is 4.68 Å². The lowest BCUT2D eigenvalue weighted by Gasteiger charge is -2.13. The average molecular weight is 592 g/mol. The first-order chi connectivity index (χ1) is 21.5. The first-order valence-electron chi connectivity index (χ1n) is 15.3. The Balaban J connectivity index is 1.58. The van der Waals surface area contributed by atoms with Crippen LogP contribution in [0.4, 0.5) is 0 Å². The number of benzene rings is 3. The van der Waals surface area contributed by atoms with E-state index in [4.69, 9.17) is 19.3 Å². The van der Waals surface area contributed by atoms with Gasteiger partial charge in [-0.1, -0.05) is 73.7 Å². The Morgan fingerprint density at radius 3 is 2.52 bits per heavy atom. The molecule has 0 saturated heterocycles. The maximum absolute atomic E-state index is 13.6. The van der Waals surface area contributed by atoms with Gasteiger partial charge in [-0.05, 0) is 43.2 Å². The van der Waals surface area contributed by atoms with Gasteiger partial charge in [-0.2, -0.15) is 5.10 Å². The molecule has 0 aliphatic carbocycles. The van der Waals surface area contributed by atoms with Crippen LogP contribution in [0.2, 0.25) is 0 Å². The SMILES string of the molecule is C=CCOCc1nn(C)c(CC)c1-c1cccc2c(CCCOc3cccc4ccccc34)c(C(=O)OCC)n(CC=C)c12. The van der Waals surface area contributed by atoms with E-state index in [1.165, 1.54) is 0 Å². The first kappa shape index (κ1) is 30.8. The lowest BCUT2D eigenvalue weighted by molar-refractivity contribution is 0.0513. The van der Waals surface area contributed by atoms with Crippen LogP contribution in [0.15, 0.2) is 86.0 Å². The highest BCUT2D eigenvalue weighted by molar-refractivity contribution is 6.05. The highest BCUT2D eigenvalue weighted by Gasteiger charge is 2.27. The van der Waals surface area contributed by atoms with Gasteiger partial charge >= 0.3 is 5.97 Å². The molecule has 7 nitrogen and oxygen atoms in total. The van der Waals surface area contributed by atoms with Gasteiger partial charge in [-0.15, -0.1) is 13.2 Å². The summed E-state index contributed by atoms with van der Waals surface area (Å²) in [5, 5.41) is 8.08. The van der Waals surface area contributed by atoms with E-state index < -0.39 is 0 Å². The summed E-state index contributed by atoms with van der Waals surface area (Å²) < 4.78 is 21.7. The average Bonchev–Trinajstić information content (AvgIpc) is 3.53. The van der Waals surface area contributed by atoms with E-state index in [0.717, 1.165) is 68.3 Å². The molecule has 0 aliphatic rings. The number of esters is 1. The molecule has 3 aromatic carbocycles. The summed E-state index contributed by atoms with van der Waals surface area (Å²) in [6.45, 7) is 13.8. The molecule has 2 aromatic heterocycles. The Kier molecular flexibility index (Phi) is 9.97. The number of aryl methyl sites for hydroxylation is 2. The summed E-state index contributed by atoms with van der Waals surface area (Å²) in [7, 11) is 1.97. The number of nitrogens with zero attached hydrogens (tertiary/aromatic N) is 3. The van der Waals surface area contributed by atoms with E-state index in [2.05, 4.69) is 61.0 Å². The Labute approximate surface area is 259 Å². The summed E-state index contributed by atoms with van der Waals surface area (Å²) in [6.07, 6.45) is 5.72. The van der Waals surface area contributed by atoms with Crippen molar-refractivity contribution in [1.82, 2.24) is 14.3 Å². The molecule has 228 valence electrons. The maximum atomic E-state index is 13.6. The number of carbonyl (C=O) groups is 1. The van der Waals surface area contributed by atoms with Gasteiger partial charge in [0.25, 0.3) is 0 Å². The van der Waals surface area contributed by atoms with E-state index >= 15 is 0 Å². The highest BCUT2D eigenvalue weighted by Crippen LogP contribution is 2.39. The summed E-state index contributed by atoms with van der Waals surface area (Å²) >= 11 is 0. The van der Waals surface area contributed by atoms with E-state index in [9.17, 15) is 4.79 Å². The number of aromatic nitrogens is 3. The van der Waals surface area contributed by atoms with Crippen LogP contribution >= 0.6 is 0 Å². The predicted molar refractivity (Wildman–Crippen MR) is 177 cm³/mol. The fourth-order valence-corrected chi connectivity index (χ4v) is 6.11. The molecule has 44 heavy (non-hydrogen) atoms. The van der Waals surface area contributed by atoms with Gasteiger partial charge in [0, 0.05) is 41.2 Å². The molecule has 0 amide bonds. The Hall–Kier alpha value is -4.62. The fourth-order valence-electron chi connectivity index (χ4n) is 6.11. The second-order valence-electron chi connectivity index (χ2n) is 10.6. The van der Waals surface area contributed by atoms with Gasteiger partial charge in [0.2, 0.25) is 0 Å². The molecule has 0 fully saturated rings. The monoisotopic (exact) mass is 591 g/mol. The topological polar surface area (TPSA) is 67.5 Å². The number of fused-ring (bicyclic) bond motifs is 2. The van der Waals surface area contributed by atoms with Crippen molar-refractivity contribution in [1.29, 1.82) is 0 Å². The van der Waals surface area contributed by atoms with E-state index in [0.29, 0.717) is 38.5 Å². The van der Waals surface area contributed by atoms with Crippen molar-refractivity contribution in [2.45, 2.75) is 46.3 Å². The van der Waals surface area contributed by atoms with Gasteiger partial charge in [0.15, 0.2) is 0 Å². The second-order valence-corrected chi connectivity index (χ2v) is 10.6. The zero-order valence-corrected chi connectivity index (χ0v) is 26.0. The molecule has 0 N–H and O–H groups in total. The molecule has 5 aromatic rings. The summed E-state index contributed by atoms with van der Waals surface area (Å²) in [4.78, 5) is 13.6. The summed E-state index contributed by atoms with van der Waals surface area (Å²) in [6, 6.07) is 20.6. The standard InChI is InChI=1S/C37H41N3O4/c1-6-22-40-35-28(18-13-19-30(35)34-31(25-42-23-7-2)38-39(5)32(34)8-3)29(36(40)37(41)43-9-4)20-14-24-44-33-21-12-16-26-15-10-11-17-27(26)33/h6-7,10-13,15-19,21H,1-2,8-9,14,20,22-25H2,3-5H3. The van der Waals surface area contributed by atoms with Crippen LogP contribution in [-0.2, 0) is 42.5 Å². The number of hydrogen-bond acceptors (Lipinski definition) is 5. The third-order valence-corrected chi connectivity index (χ3v) is 7.86. The molecule has 5 rings (SSSR count). The minimum atomic E-state index is -0.335. The molecule has 0 aliphatic heterocycles. The van der Waals surface area contributed by atoms with Crippen LogP contribution in [0.25, 0.3) is 32.8 Å². The third kappa shape index (κ3) is 6.06. The first-order valence-corrected chi connectivity index (χ1v) is 15.3. The van der Waals surface area contributed by atoms with E-state index in [-0.39, 0.29) is 12.6 Å². The van der Waals surface area contributed by atoms with Crippen molar-refractivity contribution in [3.05, 3.63) is 109 Å². The molecule has 0 saturated carbocycles. The minimum absolute atomic E-state index is 0.290. The molecule has 0 bridgehead atoms. The smallest absolute Gasteiger partial charge is 0.355 e. The number of allylic oxidation sites excluding steroid dienone is 1. The zero-order chi connectivity index (χ0) is 31.1. The Morgan fingerprint density at radius 2 is 1.75 bits per heavy atom. The van der Waals surface area contributed by atoms with Crippen molar-refractivity contribution in [3.8, 4) is 16.9 Å². The second kappa shape index (κ2) is 14.2. The highest BCUT2D eigenvalue weighted by atomic mass is 16.5. The molecular formula is C37H41N3O4. The van der Waals surface area contributed by atoms with E-state index in [1.807, 2.05) is 49.0 Å². The van der Waals surface area contributed by atoms with Crippen LogP contribution in [0.5, 0.6) is 5.75 Å². The normalized spacial score (nSPS) is 11.2. The summed E-state index contributed by atoms with van der Waals surface area (Å²) in [5.74, 6) is 0.526. The number of para-hydroxylation sites is 1. The fraction of sp³-hybridized carbons (Fsp3) is 0.297. The van der Waals surface area contributed by atoms with Crippen molar-refractivity contribution >= 4 is 27.6 Å². The lowest BCUT2D eigenvalue weighted by atomic mass is 9.97. The minimum Gasteiger partial charge on any atom is -0.493 e. The van der Waals surface area contributed by atoms with Gasteiger partial charge in [-0.25, -0.2) is 4.79 Å².